The summed E-state index contributed by atoms with van der Waals surface area (Å²) in [5.74, 6) is 0.0920. The highest BCUT2D eigenvalue weighted by Gasteiger charge is 2.49. The normalized spacial score (nSPS) is 23.2. The fourth-order valence-electron chi connectivity index (χ4n) is 4.38. The highest BCUT2D eigenvalue weighted by Crippen LogP contribution is 2.38. The molecule has 6 heteroatoms. The van der Waals surface area contributed by atoms with Crippen molar-refractivity contribution in [2.75, 3.05) is 13.6 Å². The predicted molar refractivity (Wildman–Crippen MR) is 95.7 cm³/mol. The van der Waals surface area contributed by atoms with Crippen LogP contribution in [0.4, 0.5) is 0 Å². The summed E-state index contributed by atoms with van der Waals surface area (Å²) in [6.07, 6.45) is 10.2. The summed E-state index contributed by atoms with van der Waals surface area (Å²) in [6.45, 7) is 1.29. The van der Waals surface area contributed by atoms with Crippen LogP contribution >= 0.6 is 0 Å². The van der Waals surface area contributed by atoms with Crippen molar-refractivity contribution in [2.24, 2.45) is 0 Å². The lowest BCUT2D eigenvalue weighted by Gasteiger charge is -2.45. The molecule has 1 atom stereocenters. The summed E-state index contributed by atoms with van der Waals surface area (Å²) in [5.41, 5.74) is 0.471. The Balaban J connectivity index is 1.71. The molecule has 0 aromatic carbocycles. The monoisotopic (exact) mass is 344 g/mol. The number of hydrogen-bond donors (Lipinski definition) is 2. The predicted octanol–water partition coefficient (Wildman–Crippen LogP) is 1.61. The van der Waals surface area contributed by atoms with Crippen molar-refractivity contribution in [3.8, 4) is 0 Å². The molecule has 1 aliphatic heterocycles. The topological polar surface area (TPSA) is 74.3 Å². The molecule has 2 aliphatic rings. The van der Waals surface area contributed by atoms with Gasteiger partial charge in [0.25, 0.3) is 0 Å². The summed E-state index contributed by atoms with van der Waals surface area (Å²) in [6, 6.07) is 3.60. The molecule has 3 rings (SSSR count). The van der Waals surface area contributed by atoms with Crippen LogP contribution in [0.3, 0.4) is 0 Å². The van der Waals surface area contributed by atoms with Gasteiger partial charge in [0, 0.05) is 32.5 Å². The van der Waals surface area contributed by atoms with Gasteiger partial charge >= 0.3 is 0 Å². The van der Waals surface area contributed by atoms with Crippen LogP contribution in [-0.4, -0.2) is 46.9 Å². The molecule has 1 aromatic rings. The number of likely N-dealkylation sites (tertiary alicyclic amines) is 1. The maximum Gasteiger partial charge on any atom is 0.240 e. The zero-order valence-corrected chi connectivity index (χ0v) is 15.0. The summed E-state index contributed by atoms with van der Waals surface area (Å²) in [4.78, 5) is 31.8. The third-order valence-corrected chi connectivity index (χ3v) is 5.63. The lowest BCUT2D eigenvalue weighted by molar-refractivity contribution is -0.140. The Morgan fingerprint density at radius 2 is 2.08 bits per heavy atom. The average molecular weight is 344 g/mol. The Morgan fingerprint density at radius 1 is 1.28 bits per heavy atom. The van der Waals surface area contributed by atoms with Gasteiger partial charge in [-0.2, -0.15) is 0 Å². The van der Waals surface area contributed by atoms with E-state index in [9.17, 15) is 9.59 Å². The molecular weight excluding hydrogens is 316 g/mol. The fourth-order valence-corrected chi connectivity index (χ4v) is 4.38. The highest BCUT2D eigenvalue weighted by molar-refractivity contribution is 5.88. The molecule has 0 unspecified atom stereocenters. The Kier molecular flexibility index (Phi) is 5.68. The lowest BCUT2D eigenvalue weighted by Crippen LogP contribution is -2.62. The average Bonchev–Trinajstić information content (AvgIpc) is 3.17. The first-order valence-corrected chi connectivity index (χ1v) is 9.33. The van der Waals surface area contributed by atoms with Gasteiger partial charge in [-0.15, -0.1) is 0 Å². The van der Waals surface area contributed by atoms with Crippen molar-refractivity contribution in [1.82, 2.24) is 20.5 Å². The highest BCUT2D eigenvalue weighted by atomic mass is 16.2. The number of nitrogens with zero attached hydrogens (tertiary/aromatic N) is 2. The number of nitrogens with one attached hydrogen (secondary N) is 2. The van der Waals surface area contributed by atoms with Crippen LogP contribution in [0.25, 0.3) is 0 Å². The van der Waals surface area contributed by atoms with E-state index in [1.54, 1.807) is 19.4 Å². The van der Waals surface area contributed by atoms with E-state index in [1.165, 1.54) is 6.42 Å². The van der Waals surface area contributed by atoms with Crippen LogP contribution in [0.1, 0.15) is 50.5 Å². The molecule has 2 heterocycles. The minimum atomic E-state index is -0.514. The first-order valence-electron chi connectivity index (χ1n) is 9.33. The van der Waals surface area contributed by atoms with Crippen molar-refractivity contribution in [3.05, 3.63) is 30.1 Å². The zero-order valence-electron chi connectivity index (χ0n) is 15.0. The Hall–Kier alpha value is -1.95. The number of carbonyl (C=O) groups is 2. The van der Waals surface area contributed by atoms with E-state index >= 15 is 0 Å². The molecule has 2 fully saturated rings. The van der Waals surface area contributed by atoms with Crippen molar-refractivity contribution < 1.29 is 9.59 Å². The summed E-state index contributed by atoms with van der Waals surface area (Å²) in [5, 5.41) is 5.88. The standard InChI is InChI=1S/C19H28N4O2/c1-20-18(25)19(9-3-2-4-10-19)23-12-6-8-16(23)17(24)22-14-15-7-5-11-21-13-15/h5,7,11,13,16H,2-4,6,8-10,12,14H2,1H3,(H,20,25)(H,22,24)/t16-/m0/s1. The quantitative estimate of drug-likeness (QED) is 0.851. The van der Waals surface area contributed by atoms with E-state index in [0.717, 1.165) is 50.6 Å². The molecule has 1 saturated carbocycles. The first kappa shape index (κ1) is 17.9. The van der Waals surface area contributed by atoms with E-state index in [4.69, 9.17) is 0 Å². The lowest BCUT2D eigenvalue weighted by atomic mass is 9.79. The number of likely N-dealkylation sites (N-methyl/N-ethyl adjacent to an activating group) is 1. The second-order valence-electron chi connectivity index (χ2n) is 7.10. The van der Waals surface area contributed by atoms with Gasteiger partial charge in [0.15, 0.2) is 0 Å². The maximum atomic E-state index is 12.8. The number of rotatable bonds is 5. The molecule has 0 spiro atoms. The summed E-state index contributed by atoms with van der Waals surface area (Å²) < 4.78 is 0. The second kappa shape index (κ2) is 7.95. The van der Waals surface area contributed by atoms with E-state index in [2.05, 4.69) is 20.5 Å². The minimum Gasteiger partial charge on any atom is -0.358 e. The largest absolute Gasteiger partial charge is 0.358 e. The fraction of sp³-hybridized carbons (Fsp3) is 0.632. The number of carbonyl (C=O) groups excluding carboxylic acids is 2. The van der Waals surface area contributed by atoms with Crippen LogP contribution in [0.2, 0.25) is 0 Å². The van der Waals surface area contributed by atoms with Crippen molar-refractivity contribution in [1.29, 1.82) is 0 Å². The summed E-state index contributed by atoms with van der Waals surface area (Å²) in [7, 11) is 1.70. The second-order valence-corrected chi connectivity index (χ2v) is 7.10. The Labute approximate surface area is 149 Å². The van der Waals surface area contributed by atoms with E-state index in [0.29, 0.717) is 6.54 Å². The third kappa shape index (κ3) is 3.68. The molecule has 2 N–H and O–H groups in total. The molecule has 2 amide bonds. The zero-order chi connectivity index (χ0) is 17.7. The van der Waals surface area contributed by atoms with Gasteiger partial charge in [-0.05, 0) is 37.3 Å². The van der Waals surface area contributed by atoms with Crippen molar-refractivity contribution in [3.63, 3.8) is 0 Å². The smallest absolute Gasteiger partial charge is 0.240 e. The minimum absolute atomic E-state index is 0.0233. The van der Waals surface area contributed by atoms with Gasteiger partial charge < -0.3 is 10.6 Å². The van der Waals surface area contributed by atoms with Crippen LogP contribution in [0.15, 0.2) is 24.5 Å². The SMILES string of the molecule is CNC(=O)C1(N2CCC[C@H]2C(=O)NCc2cccnc2)CCCCC1. The third-order valence-electron chi connectivity index (χ3n) is 5.63. The summed E-state index contributed by atoms with van der Waals surface area (Å²) >= 11 is 0. The molecule has 0 bridgehead atoms. The number of aromatic nitrogens is 1. The van der Waals surface area contributed by atoms with Crippen LogP contribution < -0.4 is 10.6 Å². The van der Waals surface area contributed by atoms with E-state index in [-0.39, 0.29) is 17.9 Å². The van der Waals surface area contributed by atoms with Gasteiger partial charge in [0.05, 0.1) is 6.04 Å². The van der Waals surface area contributed by atoms with Gasteiger partial charge in [0.2, 0.25) is 11.8 Å². The molecule has 1 aromatic heterocycles. The Morgan fingerprint density at radius 3 is 2.76 bits per heavy atom. The first-order chi connectivity index (χ1) is 12.2. The van der Waals surface area contributed by atoms with E-state index < -0.39 is 5.54 Å². The van der Waals surface area contributed by atoms with Crippen LogP contribution in [-0.2, 0) is 16.1 Å². The molecule has 0 radical (unpaired) electrons. The van der Waals surface area contributed by atoms with Gasteiger partial charge in [-0.25, -0.2) is 0 Å². The molecule has 6 nitrogen and oxygen atoms in total. The number of amides is 2. The molecule has 136 valence electrons. The number of hydrogen-bond acceptors (Lipinski definition) is 4. The van der Waals surface area contributed by atoms with E-state index in [1.807, 2.05) is 12.1 Å². The van der Waals surface area contributed by atoms with Crippen molar-refractivity contribution in [2.45, 2.75) is 63.1 Å². The van der Waals surface area contributed by atoms with Gasteiger partial charge in [-0.1, -0.05) is 25.3 Å². The van der Waals surface area contributed by atoms with Gasteiger partial charge in [0.1, 0.15) is 5.54 Å². The van der Waals surface area contributed by atoms with Crippen molar-refractivity contribution >= 4 is 11.8 Å². The molecule has 1 saturated heterocycles. The molecule has 25 heavy (non-hydrogen) atoms. The number of pyridine rings is 1. The molecule has 1 aliphatic carbocycles. The maximum absolute atomic E-state index is 12.8. The van der Waals surface area contributed by atoms with Crippen LogP contribution in [0.5, 0.6) is 0 Å². The van der Waals surface area contributed by atoms with Crippen LogP contribution in [0, 0.1) is 0 Å². The Bertz CT molecular complexity index is 599. The van der Waals surface area contributed by atoms with Gasteiger partial charge in [-0.3, -0.25) is 19.5 Å². The molecular formula is C19H28N4O2.